The summed E-state index contributed by atoms with van der Waals surface area (Å²) in [4.78, 5) is 11.8. The van der Waals surface area contributed by atoms with Crippen LogP contribution in [0.4, 0.5) is 14.6 Å². The van der Waals surface area contributed by atoms with E-state index in [1.807, 2.05) is 30.3 Å². The van der Waals surface area contributed by atoms with E-state index < -0.39 is 17.4 Å². The Labute approximate surface area is 131 Å². The molecule has 0 aliphatic heterocycles. The van der Waals surface area contributed by atoms with E-state index in [4.69, 9.17) is 0 Å². The van der Waals surface area contributed by atoms with Crippen LogP contribution in [0.2, 0.25) is 0 Å². The van der Waals surface area contributed by atoms with Gasteiger partial charge >= 0.3 is 5.92 Å². The molecule has 1 aliphatic rings. The van der Waals surface area contributed by atoms with Gasteiger partial charge in [-0.2, -0.15) is 13.9 Å². The Morgan fingerprint density at radius 1 is 1.30 bits per heavy atom. The lowest BCUT2D eigenvalue weighted by atomic mass is 9.75. The number of halogens is 2. The minimum atomic E-state index is -3.82. The second-order valence-electron chi connectivity index (χ2n) is 5.80. The van der Waals surface area contributed by atoms with Crippen LogP contribution >= 0.6 is 0 Å². The number of benzene rings is 1. The van der Waals surface area contributed by atoms with Gasteiger partial charge in [-0.05, 0) is 24.8 Å². The minimum Gasteiger partial charge on any atom is -0.383 e. The molecule has 5 nitrogen and oxygen atoms in total. The summed E-state index contributed by atoms with van der Waals surface area (Å²) in [5.74, 6) is -5.31. The van der Waals surface area contributed by atoms with Crippen LogP contribution < -0.4 is 5.32 Å². The number of aliphatic hydroxyl groups is 1. The first-order valence-corrected chi connectivity index (χ1v) is 7.40. The predicted molar refractivity (Wildman–Crippen MR) is 80.1 cm³/mol. The molecule has 3 rings (SSSR count). The van der Waals surface area contributed by atoms with Gasteiger partial charge in [0.15, 0.2) is 5.82 Å². The lowest BCUT2D eigenvalue weighted by molar-refractivity contribution is -0.212. The van der Waals surface area contributed by atoms with E-state index in [-0.39, 0.29) is 18.7 Å². The number of nitrogens with one attached hydrogen (secondary N) is 1. The second-order valence-corrected chi connectivity index (χ2v) is 5.80. The highest BCUT2D eigenvalue weighted by atomic mass is 19.3. The van der Waals surface area contributed by atoms with E-state index >= 15 is 0 Å². The topological polar surface area (TPSA) is 67.2 Å². The van der Waals surface area contributed by atoms with E-state index in [1.54, 1.807) is 10.9 Å². The summed E-state index contributed by atoms with van der Waals surface area (Å²) in [5.41, 5.74) is -1.23. The molecule has 7 heteroatoms. The van der Waals surface area contributed by atoms with E-state index in [9.17, 15) is 18.7 Å². The van der Waals surface area contributed by atoms with Gasteiger partial charge in [-0.1, -0.05) is 30.3 Å². The van der Waals surface area contributed by atoms with Crippen LogP contribution in [0.15, 0.2) is 42.6 Å². The Kier molecular flexibility index (Phi) is 3.89. The second kappa shape index (κ2) is 5.73. The van der Waals surface area contributed by atoms with Crippen molar-refractivity contribution in [1.29, 1.82) is 0 Å². The molecule has 122 valence electrons. The van der Waals surface area contributed by atoms with E-state index in [0.717, 1.165) is 5.56 Å². The summed E-state index contributed by atoms with van der Waals surface area (Å²) in [6.45, 7) is 0.469. The summed E-state index contributed by atoms with van der Waals surface area (Å²) >= 11 is 0. The molecular weight excluding hydrogens is 304 g/mol. The van der Waals surface area contributed by atoms with Crippen molar-refractivity contribution in [3.63, 3.8) is 0 Å². The van der Waals surface area contributed by atoms with Gasteiger partial charge in [-0.15, -0.1) is 0 Å². The smallest absolute Gasteiger partial charge is 0.352 e. The van der Waals surface area contributed by atoms with E-state index in [2.05, 4.69) is 10.4 Å². The SMILES string of the molecule is O=C(Nc1ccn(Cc2ccccc2)n1)C(F)(F)C1(O)CCC1. The summed E-state index contributed by atoms with van der Waals surface area (Å²) in [7, 11) is 0. The molecule has 1 aliphatic carbocycles. The molecule has 0 radical (unpaired) electrons. The number of aromatic nitrogens is 2. The molecule has 0 unspecified atom stereocenters. The molecule has 1 aromatic carbocycles. The van der Waals surface area contributed by atoms with Gasteiger partial charge < -0.3 is 10.4 Å². The first-order chi connectivity index (χ1) is 10.9. The lowest BCUT2D eigenvalue weighted by Crippen LogP contribution is -2.59. The van der Waals surface area contributed by atoms with Gasteiger partial charge in [-0.25, -0.2) is 0 Å². The lowest BCUT2D eigenvalue weighted by Gasteiger charge is -2.41. The molecule has 1 heterocycles. The number of amides is 1. The van der Waals surface area contributed by atoms with Crippen LogP contribution in [0.3, 0.4) is 0 Å². The highest BCUT2D eigenvalue weighted by Crippen LogP contribution is 2.44. The van der Waals surface area contributed by atoms with Crippen molar-refractivity contribution >= 4 is 11.7 Å². The van der Waals surface area contributed by atoms with Crippen LogP contribution in [0, 0.1) is 0 Å². The fourth-order valence-electron chi connectivity index (χ4n) is 2.52. The summed E-state index contributed by atoms with van der Waals surface area (Å²) in [6, 6.07) is 11.0. The highest BCUT2D eigenvalue weighted by molar-refractivity contribution is 5.96. The molecule has 1 saturated carbocycles. The molecule has 0 saturated heterocycles. The number of hydrogen-bond acceptors (Lipinski definition) is 3. The molecule has 1 amide bonds. The molecule has 2 N–H and O–H groups in total. The first kappa shape index (κ1) is 15.6. The average molecular weight is 321 g/mol. The van der Waals surface area contributed by atoms with Gasteiger partial charge in [-0.3, -0.25) is 9.48 Å². The molecule has 23 heavy (non-hydrogen) atoms. The fourth-order valence-corrected chi connectivity index (χ4v) is 2.52. The maximum absolute atomic E-state index is 14.0. The van der Waals surface area contributed by atoms with Gasteiger partial charge in [0.25, 0.3) is 5.91 Å². The number of nitrogens with zero attached hydrogens (tertiary/aromatic N) is 2. The number of alkyl halides is 2. The molecular formula is C16H17F2N3O2. The van der Waals surface area contributed by atoms with Gasteiger partial charge in [0.05, 0.1) is 6.54 Å². The normalized spacial score (nSPS) is 16.7. The zero-order valence-corrected chi connectivity index (χ0v) is 12.4. The maximum Gasteiger partial charge on any atom is 0.352 e. The Morgan fingerprint density at radius 2 is 2.00 bits per heavy atom. The number of anilines is 1. The zero-order valence-electron chi connectivity index (χ0n) is 12.4. The molecule has 2 aromatic rings. The minimum absolute atomic E-state index is 0.0357. The van der Waals surface area contributed by atoms with Crippen molar-refractivity contribution in [2.45, 2.75) is 37.3 Å². The van der Waals surface area contributed by atoms with E-state index in [0.29, 0.717) is 13.0 Å². The van der Waals surface area contributed by atoms with Crippen molar-refractivity contribution in [1.82, 2.24) is 9.78 Å². The first-order valence-electron chi connectivity index (χ1n) is 7.40. The maximum atomic E-state index is 14.0. The predicted octanol–water partition coefficient (Wildman–Crippen LogP) is 2.42. The molecule has 0 bridgehead atoms. The quantitative estimate of drug-likeness (QED) is 0.889. The fraction of sp³-hybridized carbons (Fsp3) is 0.375. The van der Waals surface area contributed by atoms with Gasteiger partial charge in [0.2, 0.25) is 0 Å². The Morgan fingerprint density at radius 3 is 2.61 bits per heavy atom. The third kappa shape index (κ3) is 2.96. The van der Waals surface area contributed by atoms with Crippen LogP contribution in [-0.4, -0.2) is 32.3 Å². The van der Waals surface area contributed by atoms with Crippen molar-refractivity contribution in [2.24, 2.45) is 0 Å². The number of hydrogen-bond donors (Lipinski definition) is 2. The number of rotatable bonds is 5. The Bertz CT molecular complexity index is 696. The van der Waals surface area contributed by atoms with Crippen LogP contribution in [0.1, 0.15) is 24.8 Å². The highest BCUT2D eigenvalue weighted by Gasteiger charge is 2.61. The van der Waals surface area contributed by atoms with Crippen LogP contribution in [0.25, 0.3) is 0 Å². The largest absolute Gasteiger partial charge is 0.383 e. The molecule has 0 atom stereocenters. The third-order valence-electron chi connectivity index (χ3n) is 4.12. The molecule has 1 fully saturated rings. The van der Waals surface area contributed by atoms with Crippen LogP contribution in [-0.2, 0) is 11.3 Å². The average Bonchev–Trinajstić information content (AvgIpc) is 2.92. The standard InChI is InChI=1S/C16H17F2N3O2/c17-16(18,15(23)8-4-9-15)14(22)19-13-7-10-21(20-13)11-12-5-2-1-3-6-12/h1-3,5-7,10,23H,4,8-9,11H2,(H,19,20,22). The molecule has 0 spiro atoms. The molecule has 1 aromatic heterocycles. The van der Waals surface area contributed by atoms with Crippen molar-refractivity contribution in [3.05, 3.63) is 48.2 Å². The Balaban J connectivity index is 1.66. The Hall–Kier alpha value is -2.28. The monoisotopic (exact) mass is 321 g/mol. The van der Waals surface area contributed by atoms with Crippen LogP contribution in [0.5, 0.6) is 0 Å². The van der Waals surface area contributed by atoms with Crippen molar-refractivity contribution in [3.8, 4) is 0 Å². The number of carbonyl (C=O) groups is 1. The van der Waals surface area contributed by atoms with E-state index in [1.165, 1.54) is 6.07 Å². The summed E-state index contributed by atoms with van der Waals surface area (Å²) < 4.78 is 29.5. The summed E-state index contributed by atoms with van der Waals surface area (Å²) in [6.07, 6.45) is 1.94. The van der Waals surface area contributed by atoms with Gasteiger partial charge in [0.1, 0.15) is 5.60 Å². The zero-order chi connectivity index (χ0) is 16.5. The number of carbonyl (C=O) groups excluding carboxylic acids is 1. The van der Waals surface area contributed by atoms with Crippen molar-refractivity contribution in [2.75, 3.05) is 5.32 Å². The van der Waals surface area contributed by atoms with Gasteiger partial charge in [0, 0.05) is 12.3 Å². The summed E-state index contributed by atoms with van der Waals surface area (Å²) in [5, 5.41) is 15.9. The third-order valence-corrected chi connectivity index (χ3v) is 4.12. The van der Waals surface area contributed by atoms with Crippen molar-refractivity contribution < 1.29 is 18.7 Å².